The SMILES string of the molecule is COc1ccc(C(=O)N(Cc2ccco2)Cc2ccco2)cc1OC. The van der Waals surface area contributed by atoms with Crippen LogP contribution in [0.5, 0.6) is 11.5 Å². The highest BCUT2D eigenvalue weighted by Gasteiger charge is 2.20. The quantitative estimate of drug-likeness (QED) is 0.655. The van der Waals surface area contributed by atoms with E-state index >= 15 is 0 Å². The summed E-state index contributed by atoms with van der Waals surface area (Å²) in [6.45, 7) is 0.668. The number of amides is 1. The monoisotopic (exact) mass is 341 g/mol. The summed E-state index contributed by atoms with van der Waals surface area (Å²) in [5.41, 5.74) is 0.496. The molecule has 0 unspecified atom stereocenters. The second-order valence-corrected chi connectivity index (χ2v) is 5.39. The van der Waals surface area contributed by atoms with Gasteiger partial charge in [0.1, 0.15) is 11.5 Å². The predicted octanol–water partition coefficient (Wildman–Crippen LogP) is 3.73. The molecule has 2 aromatic heterocycles. The number of benzene rings is 1. The van der Waals surface area contributed by atoms with E-state index in [0.717, 1.165) is 0 Å². The maximum atomic E-state index is 13.0. The first-order valence-electron chi connectivity index (χ1n) is 7.77. The lowest BCUT2D eigenvalue weighted by Gasteiger charge is -2.21. The molecule has 6 nitrogen and oxygen atoms in total. The Hall–Kier alpha value is -3.15. The highest BCUT2D eigenvalue weighted by Crippen LogP contribution is 2.28. The average Bonchev–Trinajstić information content (AvgIpc) is 3.34. The molecule has 0 aliphatic rings. The Labute approximate surface area is 145 Å². The highest BCUT2D eigenvalue weighted by molar-refractivity contribution is 5.94. The molecule has 0 atom stereocenters. The normalized spacial score (nSPS) is 10.5. The lowest BCUT2D eigenvalue weighted by Crippen LogP contribution is -2.29. The first-order chi connectivity index (χ1) is 12.2. The van der Waals surface area contributed by atoms with Gasteiger partial charge in [0.15, 0.2) is 11.5 Å². The third-order valence-corrected chi connectivity index (χ3v) is 3.77. The largest absolute Gasteiger partial charge is 0.493 e. The molecule has 0 bridgehead atoms. The number of rotatable bonds is 7. The molecule has 0 aliphatic heterocycles. The van der Waals surface area contributed by atoms with Gasteiger partial charge in [-0.15, -0.1) is 0 Å². The van der Waals surface area contributed by atoms with Crippen molar-refractivity contribution in [3.05, 3.63) is 72.1 Å². The molecule has 0 spiro atoms. The summed E-state index contributed by atoms with van der Waals surface area (Å²) >= 11 is 0. The van der Waals surface area contributed by atoms with Crippen LogP contribution in [0.4, 0.5) is 0 Å². The fourth-order valence-corrected chi connectivity index (χ4v) is 2.53. The summed E-state index contributed by atoms with van der Waals surface area (Å²) in [6.07, 6.45) is 3.17. The molecule has 0 N–H and O–H groups in total. The van der Waals surface area contributed by atoms with Gasteiger partial charge in [-0.25, -0.2) is 0 Å². The Balaban J connectivity index is 1.87. The van der Waals surface area contributed by atoms with Crippen LogP contribution in [-0.4, -0.2) is 25.0 Å². The molecule has 2 heterocycles. The number of furan rings is 2. The second-order valence-electron chi connectivity index (χ2n) is 5.39. The van der Waals surface area contributed by atoms with E-state index in [4.69, 9.17) is 18.3 Å². The zero-order chi connectivity index (χ0) is 17.6. The summed E-state index contributed by atoms with van der Waals surface area (Å²) in [5.74, 6) is 2.31. The first-order valence-corrected chi connectivity index (χ1v) is 7.77. The van der Waals surface area contributed by atoms with E-state index in [1.807, 2.05) is 12.1 Å². The van der Waals surface area contributed by atoms with Crippen molar-refractivity contribution in [2.45, 2.75) is 13.1 Å². The Morgan fingerprint density at radius 3 is 2.00 bits per heavy atom. The topological polar surface area (TPSA) is 65.0 Å². The number of carbonyl (C=O) groups excluding carboxylic acids is 1. The number of methoxy groups -OCH3 is 2. The fraction of sp³-hybridized carbons (Fsp3) is 0.211. The third kappa shape index (κ3) is 3.85. The maximum absolute atomic E-state index is 13.0. The minimum Gasteiger partial charge on any atom is -0.493 e. The molecule has 3 rings (SSSR count). The third-order valence-electron chi connectivity index (χ3n) is 3.77. The van der Waals surface area contributed by atoms with E-state index in [-0.39, 0.29) is 5.91 Å². The van der Waals surface area contributed by atoms with Crippen LogP contribution in [0.3, 0.4) is 0 Å². The predicted molar refractivity (Wildman–Crippen MR) is 90.5 cm³/mol. The molecule has 6 heteroatoms. The van der Waals surface area contributed by atoms with Crippen LogP contribution in [0.1, 0.15) is 21.9 Å². The number of hydrogen-bond donors (Lipinski definition) is 0. The van der Waals surface area contributed by atoms with Crippen LogP contribution in [0.15, 0.2) is 63.8 Å². The van der Waals surface area contributed by atoms with Gasteiger partial charge in [-0.1, -0.05) is 0 Å². The van der Waals surface area contributed by atoms with Crippen molar-refractivity contribution in [3.63, 3.8) is 0 Å². The molecule has 1 amide bonds. The molecular weight excluding hydrogens is 322 g/mol. The van der Waals surface area contributed by atoms with E-state index < -0.39 is 0 Å². The van der Waals surface area contributed by atoms with Gasteiger partial charge in [-0.05, 0) is 42.5 Å². The van der Waals surface area contributed by atoms with Crippen LogP contribution in [-0.2, 0) is 13.1 Å². The van der Waals surface area contributed by atoms with Crippen LogP contribution in [0, 0.1) is 0 Å². The molecule has 130 valence electrons. The Bertz CT molecular complexity index is 772. The van der Waals surface area contributed by atoms with E-state index in [1.54, 1.807) is 54.9 Å². The van der Waals surface area contributed by atoms with Gasteiger partial charge in [0.05, 0.1) is 39.8 Å². The summed E-state index contributed by atoms with van der Waals surface area (Å²) in [4.78, 5) is 14.7. The zero-order valence-corrected chi connectivity index (χ0v) is 14.1. The summed E-state index contributed by atoms with van der Waals surface area (Å²) in [6, 6.07) is 12.3. The second kappa shape index (κ2) is 7.61. The zero-order valence-electron chi connectivity index (χ0n) is 14.1. The highest BCUT2D eigenvalue weighted by atomic mass is 16.5. The van der Waals surface area contributed by atoms with Gasteiger partial charge < -0.3 is 23.2 Å². The number of hydrogen-bond acceptors (Lipinski definition) is 5. The molecule has 0 saturated carbocycles. The van der Waals surface area contributed by atoms with Crippen LogP contribution < -0.4 is 9.47 Å². The van der Waals surface area contributed by atoms with Gasteiger partial charge in [0, 0.05) is 5.56 Å². The van der Waals surface area contributed by atoms with Crippen molar-refractivity contribution in [1.82, 2.24) is 4.90 Å². The van der Waals surface area contributed by atoms with Crippen LogP contribution in [0.2, 0.25) is 0 Å². The maximum Gasteiger partial charge on any atom is 0.254 e. The Kier molecular flexibility index (Phi) is 5.09. The average molecular weight is 341 g/mol. The van der Waals surface area contributed by atoms with E-state index in [2.05, 4.69) is 0 Å². The minimum absolute atomic E-state index is 0.159. The van der Waals surface area contributed by atoms with E-state index in [1.165, 1.54) is 7.11 Å². The van der Waals surface area contributed by atoms with Crippen LogP contribution in [0.25, 0.3) is 0 Å². The molecule has 3 aromatic rings. The van der Waals surface area contributed by atoms with Crippen LogP contribution >= 0.6 is 0 Å². The smallest absolute Gasteiger partial charge is 0.254 e. The minimum atomic E-state index is -0.159. The molecule has 25 heavy (non-hydrogen) atoms. The van der Waals surface area contributed by atoms with Gasteiger partial charge in [0.2, 0.25) is 0 Å². The van der Waals surface area contributed by atoms with Crippen molar-refractivity contribution in [1.29, 1.82) is 0 Å². The van der Waals surface area contributed by atoms with E-state index in [0.29, 0.717) is 41.7 Å². The van der Waals surface area contributed by atoms with Crippen molar-refractivity contribution in [2.75, 3.05) is 14.2 Å². The lowest BCUT2D eigenvalue weighted by atomic mass is 10.1. The fourth-order valence-electron chi connectivity index (χ4n) is 2.53. The lowest BCUT2D eigenvalue weighted by molar-refractivity contribution is 0.0704. The molecule has 1 aromatic carbocycles. The van der Waals surface area contributed by atoms with Gasteiger partial charge in [-0.3, -0.25) is 4.79 Å². The molecular formula is C19H19NO5. The number of ether oxygens (including phenoxy) is 2. The molecule has 0 saturated heterocycles. The van der Waals surface area contributed by atoms with Gasteiger partial charge >= 0.3 is 0 Å². The molecule has 0 aliphatic carbocycles. The Morgan fingerprint density at radius 1 is 0.920 bits per heavy atom. The number of nitrogens with zero attached hydrogens (tertiary/aromatic N) is 1. The van der Waals surface area contributed by atoms with Gasteiger partial charge in [-0.2, -0.15) is 0 Å². The van der Waals surface area contributed by atoms with Gasteiger partial charge in [0.25, 0.3) is 5.91 Å². The molecule has 0 fully saturated rings. The summed E-state index contributed by atoms with van der Waals surface area (Å²) < 4.78 is 21.3. The summed E-state index contributed by atoms with van der Waals surface area (Å²) in [7, 11) is 3.09. The van der Waals surface area contributed by atoms with Crippen molar-refractivity contribution >= 4 is 5.91 Å². The Morgan fingerprint density at radius 2 is 1.52 bits per heavy atom. The standard InChI is InChI=1S/C19H19NO5/c1-22-17-8-7-14(11-18(17)23-2)19(21)20(12-15-5-3-9-24-15)13-16-6-4-10-25-16/h3-11H,12-13H2,1-2H3. The number of carbonyl (C=O) groups is 1. The first kappa shape index (κ1) is 16.7. The van der Waals surface area contributed by atoms with Crippen molar-refractivity contribution in [2.24, 2.45) is 0 Å². The summed E-state index contributed by atoms with van der Waals surface area (Å²) in [5, 5.41) is 0. The van der Waals surface area contributed by atoms with Crippen molar-refractivity contribution in [3.8, 4) is 11.5 Å². The molecule has 0 radical (unpaired) electrons. The van der Waals surface area contributed by atoms with E-state index in [9.17, 15) is 4.79 Å². The van der Waals surface area contributed by atoms with Crippen molar-refractivity contribution < 1.29 is 23.1 Å².